The third kappa shape index (κ3) is 31.6. The van der Waals surface area contributed by atoms with E-state index in [0.717, 1.165) is 14.7 Å². The molecular weight excluding hydrogens is 1810 g/mol. The van der Waals surface area contributed by atoms with Crippen LogP contribution in [0.15, 0.2) is 152 Å². The van der Waals surface area contributed by atoms with Gasteiger partial charge in [0.05, 0.1) is 18.7 Å². The van der Waals surface area contributed by atoms with Gasteiger partial charge < -0.3 is 98.8 Å². The first-order chi connectivity index (χ1) is 65.6. The predicted molar refractivity (Wildman–Crippen MR) is 507 cm³/mol. The largest absolute Gasteiger partial charge is 0.508 e. The number of fused-ring (bicyclic) bond motifs is 2. The van der Waals surface area contributed by atoms with Gasteiger partial charge in [-0.25, -0.2) is 13.2 Å². The molecule has 15 amide bonds. The van der Waals surface area contributed by atoms with Gasteiger partial charge in [-0.05, 0) is 132 Å². The maximum atomic E-state index is 15.9. The van der Waals surface area contributed by atoms with Crippen LogP contribution in [0.25, 0.3) is 10.9 Å². The molecule has 35 nitrogen and oxygen atoms in total. The Morgan fingerprint density at radius 1 is 0.522 bits per heavy atom. The van der Waals surface area contributed by atoms with E-state index in [1.165, 1.54) is 74.6 Å². The van der Waals surface area contributed by atoms with Crippen molar-refractivity contribution in [1.29, 1.82) is 0 Å². The monoisotopic (exact) mass is 1930 g/mol. The number of carbonyl (C=O) groups excluding carboxylic acids is 15. The van der Waals surface area contributed by atoms with Gasteiger partial charge in [0.25, 0.3) is 0 Å². The van der Waals surface area contributed by atoms with Gasteiger partial charge in [-0.1, -0.05) is 158 Å². The number of halogens is 3. The number of carboxylic acid groups (broad SMARTS) is 1. The number of rotatable bonds is 22. The molecule has 742 valence electrons. The normalized spacial score (nSPS) is 22.6. The first kappa shape index (κ1) is 108. The number of piperidine rings is 1. The molecule has 1 aromatic heterocycles. The predicted octanol–water partition coefficient (Wildman–Crippen LogP) is 4.88. The Morgan fingerprint density at radius 3 is 1.63 bits per heavy atom. The van der Waals surface area contributed by atoms with Crippen molar-refractivity contribution in [3.8, 4) is 11.5 Å². The van der Waals surface area contributed by atoms with Crippen molar-refractivity contribution >= 4 is 117 Å². The lowest BCUT2D eigenvalue weighted by Gasteiger charge is -2.39. The number of thioether (sulfide) groups is 1. The van der Waals surface area contributed by atoms with Gasteiger partial charge in [0.1, 0.15) is 84.0 Å². The summed E-state index contributed by atoms with van der Waals surface area (Å²) >= 11 is 0.690. The Morgan fingerprint density at radius 2 is 1.04 bits per heavy atom. The summed E-state index contributed by atoms with van der Waals surface area (Å²) < 4.78 is 44.9. The summed E-state index contributed by atoms with van der Waals surface area (Å²) in [5.41, 5.74) is 6.84. The summed E-state index contributed by atoms with van der Waals surface area (Å²) in [6.07, 6.45) is -0.0365. The molecule has 0 saturated carbocycles. The summed E-state index contributed by atoms with van der Waals surface area (Å²) in [6.45, 7) is 9.13. The molecule has 9 rings (SSSR count). The Hall–Kier alpha value is -13.9. The lowest BCUT2D eigenvalue weighted by molar-refractivity contribution is -0.148. The fourth-order valence-electron chi connectivity index (χ4n) is 16.5. The molecule has 2 aliphatic heterocycles. The Balaban J connectivity index is 1.11. The number of phenolic OH excluding ortho intramolecular Hbond substituents is 2. The van der Waals surface area contributed by atoms with Crippen molar-refractivity contribution in [2.45, 2.75) is 223 Å². The average molecular weight is 1930 g/mol. The number of carboxylic acids is 1. The fourth-order valence-corrected chi connectivity index (χ4v) is 17.4. The molecule has 3 heterocycles. The number of aliphatic carboxylic acids is 1. The maximum Gasteiger partial charge on any atom is 0.305 e. The van der Waals surface area contributed by atoms with Crippen molar-refractivity contribution in [3.63, 3.8) is 0 Å². The number of nitrogens with zero attached hydrogens (tertiary/aromatic N) is 4. The summed E-state index contributed by atoms with van der Waals surface area (Å²) in [5.74, 6) is -22.4. The molecule has 0 bridgehead atoms. The minimum Gasteiger partial charge on any atom is -0.508 e. The molecule has 138 heavy (non-hydrogen) atoms. The minimum atomic E-state index is -1.85. The van der Waals surface area contributed by atoms with Crippen LogP contribution in [0, 0.1) is 28.8 Å². The number of hydrogen-bond donors (Lipinski definition) is 15. The molecule has 16 N–H and O–H groups in total. The third-order valence-corrected chi connectivity index (χ3v) is 25.2. The first-order valence-electron chi connectivity index (χ1n) is 46.0. The highest BCUT2D eigenvalue weighted by molar-refractivity contribution is 8.00. The minimum absolute atomic E-state index is 0.00551. The Bertz CT molecular complexity index is 5440. The van der Waals surface area contributed by atoms with Crippen LogP contribution in [0.1, 0.15) is 146 Å². The number of amides is 15. The number of phenols is 2. The maximum absolute atomic E-state index is 15.9. The molecule has 7 aromatic rings. The molecule has 39 heteroatoms. The standard InChI is InChI=1S/C99H125F3N16O19S/c1-10-11-30-77-92(131)104-41-22-20-32-82(122)107-73(52-84(124)125)91(130)114-86(99(4,5)6)98(137)116(8)79(49-58-24-14-12-15-25-58)94(133)112-75(47-61-35-39-65(120)40-36-61)96(135)118-42-23-21-31-78(118)93(132)111-72(51-63-53-105-69-29-19-18-28-66(63)69)90(129)110-71(46-60-33-37-64(119)38-34-60)89(128)109-70(43-57(2)3)88(127)113-76(87(126)106-54-81(103)121)55-138-56-83(123)108-74(48-62-44-67(100)85(102)68(101)45-62)95(134)117(9)80(97(136)115(77)7)50-59-26-16-13-17-27-59/h12-19,24-29,33-40,44-45,53,57,70-80,86,105,119-120H,10-11,20-23,30-32,41-43,46-52,54-56H2,1-9H3,(H2,103,121)(H,104,131)(H,106,126)(H,107,122)(H,108,123)(H,109,128)(H,110,129)(H,111,132)(H,112,133)(H,113,127)(H,114,130)(H,124,125)/t70-,71-,72-,73-,74-,75-,76-,77-,78+,79-,80-,86+/m0/s1. The van der Waals surface area contributed by atoms with E-state index in [0.29, 0.717) is 88.3 Å². The number of carbonyl (C=O) groups is 16. The molecule has 12 atom stereocenters. The van der Waals surface area contributed by atoms with E-state index in [9.17, 15) is 53.3 Å². The number of para-hydroxylation sites is 1. The van der Waals surface area contributed by atoms with E-state index in [1.807, 2.05) is 6.92 Å². The van der Waals surface area contributed by atoms with E-state index in [-0.39, 0.29) is 101 Å². The van der Waals surface area contributed by atoms with E-state index in [4.69, 9.17) is 5.73 Å². The van der Waals surface area contributed by atoms with Crippen molar-refractivity contribution in [3.05, 3.63) is 203 Å². The van der Waals surface area contributed by atoms with E-state index < -0.39 is 227 Å². The summed E-state index contributed by atoms with van der Waals surface area (Å²) in [4.78, 5) is 244. The quantitative estimate of drug-likeness (QED) is 0.0402. The van der Waals surface area contributed by atoms with Crippen LogP contribution in [-0.4, -0.2) is 259 Å². The number of aromatic amines is 1. The number of aromatic nitrogens is 1. The second-order valence-corrected chi connectivity index (χ2v) is 37.4. The molecule has 2 fully saturated rings. The molecule has 2 aliphatic rings. The summed E-state index contributed by atoms with van der Waals surface area (Å²) in [5, 5.41) is 58.6. The van der Waals surface area contributed by atoms with Crippen LogP contribution in [-0.2, 0) is 115 Å². The molecule has 0 unspecified atom stereocenters. The van der Waals surface area contributed by atoms with Crippen LogP contribution in [0.5, 0.6) is 11.5 Å². The van der Waals surface area contributed by atoms with E-state index in [1.54, 1.807) is 126 Å². The average Bonchev–Trinajstić information content (AvgIpc) is 1.57. The highest BCUT2D eigenvalue weighted by Crippen LogP contribution is 2.29. The number of hydrogen-bond acceptors (Lipinski definition) is 19. The number of H-pyrrole nitrogens is 1. The second-order valence-electron chi connectivity index (χ2n) is 36.4. The highest BCUT2D eigenvalue weighted by atomic mass is 32.2. The number of likely N-dealkylation sites (N-methyl/N-ethyl adjacent to an activating group) is 3. The van der Waals surface area contributed by atoms with Crippen molar-refractivity contribution < 1.29 is 105 Å². The fraction of sp³-hybridized carbons (Fsp3) is 0.455. The van der Waals surface area contributed by atoms with Crippen LogP contribution in [0.2, 0.25) is 0 Å². The molecule has 0 radical (unpaired) electrons. The van der Waals surface area contributed by atoms with Gasteiger partial charge in [0.2, 0.25) is 88.6 Å². The first-order valence-corrected chi connectivity index (χ1v) is 47.2. The molecular formula is C99H125F3N16O19S. The van der Waals surface area contributed by atoms with Gasteiger partial charge in [0, 0.05) is 102 Å². The van der Waals surface area contributed by atoms with Crippen molar-refractivity contribution in [1.82, 2.24) is 77.8 Å². The number of benzene rings is 6. The van der Waals surface area contributed by atoms with Crippen molar-refractivity contribution in [2.75, 3.05) is 52.3 Å². The van der Waals surface area contributed by atoms with E-state index >= 15 is 51.9 Å². The number of unbranched alkanes of at least 4 members (excludes halogenated alkanes) is 1. The van der Waals surface area contributed by atoms with Crippen molar-refractivity contribution in [2.24, 2.45) is 17.1 Å². The molecule has 0 spiro atoms. The number of primary amides is 1. The SMILES string of the molecule is CCCC[C@H]1C(=O)NCCCCC(=O)N[C@@H](CC(=O)O)C(=O)N[C@@H](C(C)(C)C)C(=O)N(C)[C@@H](Cc2ccccc2)C(=O)N[C@@H](Cc2ccc(O)cc2)C(=O)N2CCCC[C@@H]2C(=O)N[C@@H](Cc2c[nH]c3ccccc23)C(=O)N[C@@H](Cc2ccc(O)cc2)C(=O)N[C@@H](CC(C)C)C(=O)N[C@H](C(=O)NCC(N)=O)CSCC(=O)N[C@@H](Cc2cc(F)c(F)c(F)c2)C(=O)N(C)[C@@H](Cc2ccccc2)C(=O)N1C. The number of aromatic hydroxyl groups is 2. The van der Waals surface area contributed by atoms with E-state index in [2.05, 4.69) is 58.2 Å². The summed E-state index contributed by atoms with van der Waals surface area (Å²) in [6, 6.07) is 17.6. The van der Waals surface area contributed by atoms with Crippen LogP contribution in [0.3, 0.4) is 0 Å². The lowest BCUT2D eigenvalue weighted by atomic mass is 9.85. The Labute approximate surface area is 802 Å². The van der Waals surface area contributed by atoms with Crippen LogP contribution >= 0.6 is 11.8 Å². The zero-order valence-electron chi connectivity index (χ0n) is 78.8. The topological polar surface area (TPSA) is 509 Å². The van der Waals surface area contributed by atoms with Gasteiger partial charge in [-0.2, -0.15) is 0 Å². The summed E-state index contributed by atoms with van der Waals surface area (Å²) in [7, 11) is 3.87. The zero-order valence-corrected chi connectivity index (χ0v) is 79.6. The van der Waals surface area contributed by atoms with Gasteiger partial charge in [-0.15, -0.1) is 11.8 Å². The highest BCUT2D eigenvalue weighted by Gasteiger charge is 2.45. The Kier molecular flexibility index (Phi) is 40.1. The van der Waals surface area contributed by atoms with Crippen LogP contribution < -0.4 is 58.9 Å². The number of nitrogens with two attached hydrogens (primary N) is 1. The van der Waals surface area contributed by atoms with Gasteiger partial charge in [-0.3, -0.25) is 76.7 Å². The molecule has 6 aromatic carbocycles. The molecule has 0 aliphatic carbocycles. The number of nitrogens with one attached hydrogen (secondary N) is 11. The van der Waals surface area contributed by atoms with Gasteiger partial charge >= 0.3 is 5.97 Å². The smallest absolute Gasteiger partial charge is 0.305 e. The van der Waals surface area contributed by atoms with Crippen LogP contribution in [0.4, 0.5) is 13.2 Å². The third-order valence-electron chi connectivity index (χ3n) is 24.1. The second kappa shape index (κ2) is 51.3. The lowest BCUT2D eigenvalue weighted by Crippen LogP contribution is -2.63. The zero-order chi connectivity index (χ0) is 101. The molecule has 2 saturated heterocycles. The van der Waals surface area contributed by atoms with Gasteiger partial charge in [0.15, 0.2) is 17.5 Å².